The van der Waals surface area contributed by atoms with Crippen molar-refractivity contribution in [2.45, 2.75) is 6.42 Å². The lowest BCUT2D eigenvalue weighted by atomic mass is 10.1. The van der Waals surface area contributed by atoms with E-state index in [1.54, 1.807) is 18.3 Å². The van der Waals surface area contributed by atoms with Crippen molar-refractivity contribution in [3.63, 3.8) is 0 Å². The fourth-order valence-electron chi connectivity index (χ4n) is 2.67. The summed E-state index contributed by atoms with van der Waals surface area (Å²) in [6.45, 7) is 0. The number of nitrogens with one attached hydrogen (secondary N) is 1. The van der Waals surface area contributed by atoms with E-state index in [4.69, 9.17) is 4.74 Å². The third kappa shape index (κ3) is 1.54. The van der Waals surface area contributed by atoms with E-state index in [-0.39, 0.29) is 5.91 Å². The molecular formula is C16H12N2O2. The molecular weight excluding hydrogens is 252 g/mol. The van der Waals surface area contributed by atoms with E-state index in [2.05, 4.69) is 16.4 Å². The Morgan fingerprint density at radius 3 is 3.10 bits per heavy atom. The van der Waals surface area contributed by atoms with Crippen molar-refractivity contribution in [2.24, 2.45) is 0 Å². The third-order valence-electron chi connectivity index (χ3n) is 3.73. The zero-order chi connectivity index (χ0) is 13.7. The standard InChI is InChI=1S/C16H12N2O2/c1-20-16-14(3-2-6-17-16)18-15(19)11-5-4-10-12-7-9(12)8-13(10)11/h2-6,8H,7H2,1H3,(H,18,19). The molecule has 1 N–H and O–H groups in total. The minimum atomic E-state index is -0.128. The van der Waals surface area contributed by atoms with Crippen molar-refractivity contribution >= 4 is 11.6 Å². The number of fused-ring (bicyclic) bond motifs is 2. The number of hydrogen-bond acceptors (Lipinski definition) is 3. The Hall–Kier alpha value is -2.62. The molecule has 1 saturated carbocycles. The van der Waals surface area contributed by atoms with Crippen LogP contribution in [-0.2, 0) is 4.79 Å². The summed E-state index contributed by atoms with van der Waals surface area (Å²) < 4.78 is 5.14. The van der Waals surface area contributed by atoms with Crippen molar-refractivity contribution in [3.8, 4) is 5.88 Å². The third-order valence-corrected chi connectivity index (χ3v) is 3.73. The van der Waals surface area contributed by atoms with Crippen LogP contribution in [0, 0.1) is 0 Å². The van der Waals surface area contributed by atoms with Crippen LogP contribution in [0.3, 0.4) is 0 Å². The molecule has 0 aliphatic heterocycles. The largest absolute Gasteiger partial charge is 0.480 e. The Morgan fingerprint density at radius 1 is 1.35 bits per heavy atom. The summed E-state index contributed by atoms with van der Waals surface area (Å²) in [6, 6.07) is 3.54. The predicted octanol–water partition coefficient (Wildman–Crippen LogP) is 2.54. The van der Waals surface area contributed by atoms with Gasteiger partial charge in [0, 0.05) is 11.8 Å². The van der Waals surface area contributed by atoms with Crippen molar-refractivity contribution in [2.75, 3.05) is 12.4 Å². The predicted molar refractivity (Wildman–Crippen MR) is 75.3 cm³/mol. The first-order chi connectivity index (χ1) is 9.78. The lowest BCUT2D eigenvalue weighted by Gasteiger charge is -2.09. The molecule has 4 rings (SSSR count). The van der Waals surface area contributed by atoms with Gasteiger partial charge >= 0.3 is 0 Å². The number of pyridine rings is 1. The number of ether oxygens (including phenoxy) is 1. The molecule has 0 atom stereocenters. The fourth-order valence-corrected chi connectivity index (χ4v) is 2.67. The van der Waals surface area contributed by atoms with Crippen LogP contribution in [0.5, 0.6) is 5.88 Å². The molecule has 3 aliphatic rings. The van der Waals surface area contributed by atoms with E-state index in [1.165, 1.54) is 23.8 Å². The molecule has 0 saturated heterocycles. The smallest absolute Gasteiger partial charge is 0.256 e. The average molecular weight is 264 g/mol. The zero-order valence-corrected chi connectivity index (χ0v) is 10.9. The second-order valence-electron chi connectivity index (χ2n) is 4.91. The van der Waals surface area contributed by atoms with Crippen molar-refractivity contribution < 1.29 is 9.53 Å². The van der Waals surface area contributed by atoms with Crippen molar-refractivity contribution in [1.82, 2.24) is 4.98 Å². The van der Waals surface area contributed by atoms with E-state index >= 15 is 0 Å². The Bertz CT molecular complexity index is 766. The van der Waals surface area contributed by atoms with Crippen LogP contribution < -0.4 is 10.1 Å². The molecule has 1 fully saturated rings. The minimum Gasteiger partial charge on any atom is -0.480 e. The number of amides is 1. The molecule has 1 amide bonds. The minimum absolute atomic E-state index is 0.128. The lowest BCUT2D eigenvalue weighted by molar-refractivity contribution is -0.112. The molecule has 0 spiro atoms. The van der Waals surface area contributed by atoms with E-state index < -0.39 is 0 Å². The first-order valence-corrected chi connectivity index (χ1v) is 6.45. The van der Waals surface area contributed by atoms with Gasteiger partial charge in [0.2, 0.25) is 5.88 Å². The topological polar surface area (TPSA) is 51.2 Å². The van der Waals surface area contributed by atoms with Crippen LogP contribution in [0.25, 0.3) is 0 Å². The van der Waals surface area contributed by atoms with E-state index in [0.717, 1.165) is 12.0 Å². The number of rotatable bonds is 3. The molecule has 20 heavy (non-hydrogen) atoms. The van der Waals surface area contributed by atoms with Gasteiger partial charge in [0.25, 0.3) is 5.91 Å². The average Bonchev–Trinajstić information content (AvgIpc) is 2.95. The van der Waals surface area contributed by atoms with Gasteiger partial charge in [-0.25, -0.2) is 4.98 Å². The van der Waals surface area contributed by atoms with Crippen molar-refractivity contribution in [1.29, 1.82) is 0 Å². The molecule has 0 radical (unpaired) electrons. The van der Waals surface area contributed by atoms with Crippen LogP contribution in [0.15, 0.2) is 64.4 Å². The number of carbonyl (C=O) groups is 1. The van der Waals surface area contributed by atoms with Gasteiger partial charge in [0.1, 0.15) is 5.69 Å². The van der Waals surface area contributed by atoms with Gasteiger partial charge in [-0.3, -0.25) is 4.79 Å². The number of carbonyl (C=O) groups excluding carboxylic acids is 1. The van der Waals surface area contributed by atoms with Gasteiger partial charge in [0.05, 0.1) is 7.11 Å². The molecule has 0 bridgehead atoms. The highest BCUT2D eigenvalue weighted by atomic mass is 16.5. The number of nitrogens with zero attached hydrogens (tertiary/aromatic N) is 1. The number of aromatic nitrogens is 1. The van der Waals surface area contributed by atoms with Crippen LogP contribution >= 0.6 is 0 Å². The van der Waals surface area contributed by atoms with E-state index in [1.807, 2.05) is 12.2 Å². The maximum atomic E-state index is 12.4. The highest BCUT2D eigenvalue weighted by Gasteiger charge is 2.35. The van der Waals surface area contributed by atoms with Crippen LogP contribution in [0.1, 0.15) is 6.42 Å². The second kappa shape index (κ2) is 3.93. The van der Waals surface area contributed by atoms with Gasteiger partial charge < -0.3 is 10.1 Å². The van der Waals surface area contributed by atoms with E-state index in [9.17, 15) is 4.79 Å². The molecule has 1 heterocycles. The Balaban J connectivity index is 1.64. The summed E-state index contributed by atoms with van der Waals surface area (Å²) in [5.74, 6) is 0.288. The SMILES string of the molecule is COc1ncccc1NC(=O)C1=C2C=C3CC3=C2C=C1. The first-order valence-electron chi connectivity index (χ1n) is 6.45. The molecule has 1 aromatic heterocycles. The number of anilines is 1. The summed E-state index contributed by atoms with van der Waals surface area (Å²) in [5, 5.41) is 2.86. The van der Waals surface area contributed by atoms with E-state index in [0.29, 0.717) is 17.1 Å². The summed E-state index contributed by atoms with van der Waals surface area (Å²) >= 11 is 0. The fraction of sp³-hybridized carbons (Fsp3) is 0.125. The highest BCUT2D eigenvalue weighted by molar-refractivity contribution is 6.09. The molecule has 98 valence electrons. The normalized spacial score (nSPS) is 17.9. The van der Waals surface area contributed by atoms with Gasteiger partial charge in [-0.1, -0.05) is 6.08 Å². The summed E-state index contributed by atoms with van der Waals surface area (Å²) in [7, 11) is 1.53. The number of hydrogen-bond donors (Lipinski definition) is 1. The zero-order valence-electron chi connectivity index (χ0n) is 10.9. The first kappa shape index (κ1) is 11.2. The second-order valence-corrected chi connectivity index (χ2v) is 4.91. The van der Waals surface area contributed by atoms with Crippen LogP contribution in [0.2, 0.25) is 0 Å². The van der Waals surface area contributed by atoms with Gasteiger partial charge in [0.15, 0.2) is 0 Å². The number of allylic oxidation sites excluding steroid dienone is 6. The quantitative estimate of drug-likeness (QED) is 0.912. The summed E-state index contributed by atoms with van der Waals surface area (Å²) in [6.07, 6.45) is 8.72. The maximum Gasteiger partial charge on any atom is 0.256 e. The molecule has 3 aliphatic carbocycles. The van der Waals surface area contributed by atoms with Gasteiger partial charge in [-0.15, -0.1) is 0 Å². The molecule has 4 nitrogen and oxygen atoms in total. The Labute approximate surface area is 116 Å². The van der Waals surface area contributed by atoms with Gasteiger partial charge in [-0.05, 0) is 53.0 Å². The molecule has 4 heteroatoms. The molecule has 0 aromatic carbocycles. The number of methoxy groups -OCH3 is 1. The molecule has 1 aromatic rings. The monoisotopic (exact) mass is 264 g/mol. The van der Waals surface area contributed by atoms with Crippen LogP contribution in [-0.4, -0.2) is 18.0 Å². The lowest BCUT2D eigenvalue weighted by Crippen LogP contribution is -2.14. The van der Waals surface area contributed by atoms with Crippen LogP contribution in [0.4, 0.5) is 5.69 Å². The highest BCUT2D eigenvalue weighted by Crippen LogP contribution is 2.51. The molecule has 0 unspecified atom stereocenters. The summed E-state index contributed by atoms with van der Waals surface area (Å²) in [4.78, 5) is 16.5. The van der Waals surface area contributed by atoms with Gasteiger partial charge in [-0.2, -0.15) is 0 Å². The Morgan fingerprint density at radius 2 is 2.25 bits per heavy atom. The van der Waals surface area contributed by atoms with Crippen molar-refractivity contribution in [3.05, 3.63) is 64.4 Å². The Kier molecular flexibility index (Phi) is 2.21. The summed E-state index contributed by atoms with van der Waals surface area (Å²) in [5.41, 5.74) is 6.29. The maximum absolute atomic E-state index is 12.4.